The van der Waals surface area contributed by atoms with Crippen molar-refractivity contribution in [3.8, 4) is 0 Å². The van der Waals surface area contributed by atoms with Gasteiger partial charge in [-0.15, -0.1) is 11.3 Å². The summed E-state index contributed by atoms with van der Waals surface area (Å²) in [5.41, 5.74) is 1.01. The Hall–Kier alpha value is -1.52. The van der Waals surface area contributed by atoms with Gasteiger partial charge in [0.1, 0.15) is 0 Å². The van der Waals surface area contributed by atoms with Gasteiger partial charge in [-0.1, -0.05) is 23.7 Å². The van der Waals surface area contributed by atoms with E-state index < -0.39 is 5.97 Å². The van der Waals surface area contributed by atoms with Crippen molar-refractivity contribution in [2.45, 2.75) is 6.54 Å². The Balaban J connectivity index is 2.23. The molecule has 2 aromatic rings. The first-order valence-corrected chi connectivity index (χ1v) is 6.55. The fraction of sp³-hybridized carbons (Fsp3) is 0.154. The molecular weight excluding hydrogens is 270 g/mol. The fourth-order valence-corrected chi connectivity index (χ4v) is 2.88. The summed E-state index contributed by atoms with van der Waals surface area (Å²) < 4.78 is 0.741. The Bertz CT molecular complexity index is 568. The quantitative estimate of drug-likeness (QED) is 0.928. The molecule has 94 valence electrons. The number of carboxylic acid groups (broad SMARTS) is 1. The van der Waals surface area contributed by atoms with Gasteiger partial charge in [0, 0.05) is 11.9 Å². The van der Waals surface area contributed by atoms with Gasteiger partial charge in [-0.05, 0) is 24.3 Å². The van der Waals surface area contributed by atoms with Crippen molar-refractivity contribution in [1.82, 2.24) is 0 Å². The van der Waals surface area contributed by atoms with Crippen molar-refractivity contribution in [2.24, 2.45) is 0 Å². The van der Waals surface area contributed by atoms with Crippen molar-refractivity contribution >= 4 is 34.6 Å². The molecule has 1 heterocycles. The minimum absolute atomic E-state index is 0.308. The van der Waals surface area contributed by atoms with Crippen molar-refractivity contribution < 1.29 is 9.90 Å². The largest absolute Gasteiger partial charge is 0.478 e. The van der Waals surface area contributed by atoms with Gasteiger partial charge < -0.3 is 10.0 Å². The van der Waals surface area contributed by atoms with E-state index in [-0.39, 0.29) is 0 Å². The van der Waals surface area contributed by atoms with Gasteiger partial charge >= 0.3 is 5.97 Å². The van der Waals surface area contributed by atoms with Crippen LogP contribution in [0.4, 0.5) is 5.69 Å². The third kappa shape index (κ3) is 2.83. The van der Waals surface area contributed by atoms with E-state index in [2.05, 4.69) is 0 Å². The molecule has 0 fully saturated rings. The Morgan fingerprint density at radius 2 is 2.06 bits per heavy atom. The number of carbonyl (C=O) groups is 1. The molecule has 0 aliphatic heterocycles. The van der Waals surface area contributed by atoms with Crippen LogP contribution in [-0.2, 0) is 6.54 Å². The van der Waals surface area contributed by atoms with Gasteiger partial charge in [-0.3, -0.25) is 0 Å². The van der Waals surface area contributed by atoms with E-state index in [1.54, 1.807) is 18.2 Å². The lowest BCUT2D eigenvalue weighted by atomic mass is 10.1. The maximum absolute atomic E-state index is 11.1. The molecule has 0 bridgehead atoms. The Morgan fingerprint density at radius 3 is 2.67 bits per heavy atom. The van der Waals surface area contributed by atoms with Crippen LogP contribution in [0.15, 0.2) is 36.4 Å². The number of halogens is 1. The Morgan fingerprint density at radius 1 is 1.33 bits per heavy atom. The number of aromatic carboxylic acids is 1. The van der Waals surface area contributed by atoms with Crippen LogP contribution in [0.2, 0.25) is 4.34 Å². The molecule has 0 saturated heterocycles. The third-order valence-electron chi connectivity index (χ3n) is 2.57. The number of hydrogen-bond donors (Lipinski definition) is 1. The number of benzene rings is 1. The summed E-state index contributed by atoms with van der Waals surface area (Å²) >= 11 is 7.38. The summed E-state index contributed by atoms with van der Waals surface area (Å²) in [5.74, 6) is -0.915. The second kappa shape index (κ2) is 5.42. The molecule has 0 spiro atoms. The van der Waals surface area contributed by atoms with Crippen LogP contribution in [0.1, 0.15) is 15.2 Å². The van der Waals surface area contributed by atoms with Gasteiger partial charge in [0.25, 0.3) is 0 Å². The fourth-order valence-electron chi connectivity index (χ4n) is 1.74. The average Bonchev–Trinajstić information content (AvgIpc) is 2.74. The molecule has 3 nitrogen and oxygen atoms in total. The van der Waals surface area contributed by atoms with Gasteiger partial charge in [0.2, 0.25) is 0 Å². The topological polar surface area (TPSA) is 40.5 Å². The lowest BCUT2D eigenvalue weighted by Gasteiger charge is -2.20. The number of thiophene rings is 1. The molecule has 2 rings (SSSR count). The van der Waals surface area contributed by atoms with Crippen molar-refractivity contribution in [3.05, 3.63) is 51.2 Å². The molecule has 18 heavy (non-hydrogen) atoms. The van der Waals surface area contributed by atoms with E-state index >= 15 is 0 Å². The Kier molecular flexibility index (Phi) is 3.89. The summed E-state index contributed by atoms with van der Waals surface area (Å²) in [5, 5.41) is 9.14. The molecule has 0 radical (unpaired) electrons. The number of para-hydroxylation sites is 1. The van der Waals surface area contributed by atoms with Crippen LogP contribution in [0.5, 0.6) is 0 Å². The molecule has 0 amide bonds. The maximum Gasteiger partial charge on any atom is 0.337 e. The highest BCUT2D eigenvalue weighted by Crippen LogP contribution is 2.26. The second-order valence-electron chi connectivity index (χ2n) is 3.88. The molecule has 0 aliphatic rings. The van der Waals surface area contributed by atoms with Crippen molar-refractivity contribution in [3.63, 3.8) is 0 Å². The zero-order valence-corrected chi connectivity index (χ0v) is 11.3. The summed E-state index contributed by atoms with van der Waals surface area (Å²) in [4.78, 5) is 14.1. The highest BCUT2D eigenvalue weighted by molar-refractivity contribution is 7.16. The predicted molar refractivity (Wildman–Crippen MR) is 74.8 cm³/mol. The highest BCUT2D eigenvalue weighted by atomic mass is 35.5. The molecule has 5 heteroatoms. The van der Waals surface area contributed by atoms with Gasteiger partial charge in [0.15, 0.2) is 0 Å². The number of nitrogens with zero attached hydrogens (tertiary/aromatic N) is 1. The first kappa shape index (κ1) is 12.9. The second-order valence-corrected chi connectivity index (χ2v) is 5.68. The van der Waals surface area contributed by atoms with Crippen LogP contribution in [0.25, 0.3) is 0 Å². The molecule has 0 aliphatic carbocycles. The van der Waals surface area contributed by atoms with Crippen LogP contribution in [0, 0.1) is 0 Å². The van der Waals surface area contributed by atoms with Crippen molar-refractivity contribution in [2.75, 3.05) is 11.9 Å². The van der Waals surface area contributed by atoms with Gasteiger partial charge in [0.05, 0.1) is 22.1 Å². The average molecular weight is 282 g/mol. The molecule has 0 unspecified atom stereocenters. The molecule has 1 aromatic heterocycles. The number of hydrogen-bond acceptors (Lipinski definition) is 3. The SMILES string of the molecule is CN(Cc1ccc(Cl)s1)c1ccccc1C(=O)O. The van der Waals surface area contributed by atoms with E-state index in [1.807, 2.05) is 30.1 Å². The first-order chi connectivity index (χ1) is 8.58. The molecule has 1 N–H and O–H groups in total. The number of anilines is 1. The first-order valence-electron chi connectivity index (χ1n) is 5.35. The van der Waals surface area contributed by atoms with E-state index in [0.717, 1.165) is 9.21 Å². The van der Waals surface area contributed by atoms with E-state index in [9.17, 15) is 4.79 Å². The normalized spacial score (nSPS) is 10.3. The molecular formula is C13H12ClNO2S. The summed E-state index contributed by atoms with van der Waals surface area (Å²) in [6.07, 6.45) is 0. The van der Waals surface area contributed by atoms with E-state index in [1.165, 1.54) is 11.3 Å². The molecule has 0 atom stereocenters. The summed E-state index contributed by atoms with van der Waals surface area (Å²) in [7, 11) is 1.87. The van der Waals surface area contributed by atoms with Crippen molar-refractivity contribution in [1.29, 1.82) is 0 Å². The van der Waals surface area contributed by atoms with E-state index in [0.29, 0.717) is 17.8 Å². The summed E-state index contributed by atoms with van der Waals surface area (Å²) in [6, 6.07) is 10.8. The number of rotatable bonds is 4. The predicted octanol–water partition coefficient (Wildman–Crippen LogP) is 3.74. The van der Waals surface area contributed by atoms with Crippen LogP contribution >= 0.6 is 22.9 Å². The van der Waals surface area contributed by atoms with Gasteiger partial charge in [-0.25, -0.2) is 4.79 Å². The van der Waals surface area contributed by atoms with Crippen LogP contribution in [-0.4, -0.2) is 18.1 Å². The number of carboxylic acids is 1. The third-order valence-corrected chi connectivity index (χ3v) is 3.78. The lowest BCUT2D eigenvalue weighted by molar-refractivity contribution is 0.0697. The minimum atomic E-state index is -0.915. The zero-order chi connectivity index (χ0) is 13.1. The van der Waals surface area contributed by atoms with Crippen LogP contribution in [0.3, 0.4) is 0 Å². The molecule has 0 saturated carbocycles. The van der Waals surface area contributed by atoms with Gasteiger partial charge in [-0.2, -0.15) is 0 Å². The summed E-state index contributed by atoms with van der Waals surface area (Å²) in [6.45, 7) is 0.641. The maximum atomic E-state index is 11.1. The highest BCUT2D eigenvalue weighted by Gasteiger charge is 2.13. The minimum Gasteiger partial charge on any atom is -0.478 e. The van der Waals surface area contributed by atoms with E-state index in [4.69, 9.17) is 16.7 Å². The molecule has 1 aromatic carbocycles. The zero-order valence-electron chi connectivity index (χ0n) is 9.76. The standard InChI is InChI=1S/C13H12ClNO2S/c1-15(8-9-6-7-12(14)18-9)11-5-3-2-4-10(11)13(16)17/h2-7H,8H2,1H3,(H,16,17). The van der Waals surface area contributed by atoms with Crippen LogP contribution < -0.4 is 4.90 Å². The Labute approximate surface area is 114 Å². The smallest absolute Gasteiger partial charge is 0.337 e. The lowest BCUT2D eigenvalue weighted by Crippen LogP contribution is -2.18. The monoisotopic (exact) mass is 281 g/mol.